The average molecular weight is 300 g/mol. The first-order valence-corrected chi connectivity index (χ1v) is 6.98. The van der Waals surface area contributed by atoms with Crippen molar-refractivity contribution in [2.75, 3.05) is 21.3 Å². The maximum absolute atomic E-state index is 12.4. The molecular formula is C17H20N2O3. The number of ether oxygens (including phenoxy) is 2. The molecule has 1 amide bonds. The Morgan fingerprint density at radius 1 is 1.23 bits per heavy atom. The molecule has 0 spiro atoms. The Hall–Kier alpha value is -2.56. The van der Waals surface area contributed by atoms with Crippen LogP contribution >= 0.6 is 0 Å². The van der Waals surface area contributed by atoms with Crippen LogP contribution in [-0.2, 0) is 17.8 Å². The van der Waals surface area contributed by atoms with Crippen molar-refractivity contribution in [2.45, 2.75) is 13.0 Å². The van der Waals surface area contributed by atoms with E-state index < -0.39 is 0 Å². The SMILES string of the molecule is COc1ccc(OC)c(CC(=O)N(C)Cc2cccnc2)c1. The Morgan fingerprint density at radius 3 is 2.68 bits per heavy atom. The van der Waals surface area contributed by atoms with E-state index in [9.17, 15) is 4.79 Å². The molecule has 1 heterocycles. The third kappa shape index (κ3) is 3.97. The molecule has 0 unspecified atom stereocenters. The third-order valence-corrected chi connectivity index (χ3v) is 3.40. The van der Waals surface area contributed by atoms with E-state index in [0.29, 0.717) is 18.0 Å². The molecule has 0 aliphatic carbocycles. The van der Waals surface area contributed by atoms with Crippen LogP contribution in [0.1, 0.15) is 11.1 Å². The summed E-state index contributed by atoms with van der Waals surface area (Å²) in [4.78, 5) is 18.1. The number of likely N-dealkylation sites (N-methyl/N-ethyl adjacent to an activating group) is 1. The second-order valence-electron chi connectivity index (χ2n) is 4.97. The molecule has 0 bridgehead atoms. The highest BCUT2D eigenvalue weighted by Gasteiger charge is 2.14. The molecule has 0 saturated heterocycles. The minimum Gasteiger partial charge on any atom is -0.497 e. The van der Waals surface area contributed by atoms with Crippen LogP contribution in [0.15, 0.2) is 42.7 Å². The van der Waals surface area contributed by atoms with Gasteiger partial charge in [-0.15, -0.1) is 0 Å². The Bertz CT molecular complexity index is 629. The number of carbonyl (C=O) groups is 1. The van der Waals surface area contributed by atoms with Crippen molar-refractivity contribution in [1.82, 2.24) is 9.88 Å². The summed E-state index contributed by atoms with van der Waals surface area (Å²) < 4.78 is 10.5. The molecule has 5 nitrogen and oxygen atoms in total. The van der Waals surface area contributed by atoms with Crippen LogP contribution in [0.5, 0.6) is 11.5 Å². The van der Waals surface area contributed by atoms with Crippen LogP contribution < -0.4 is 9.47 Å². The molecular weight excluding hydrogens is 280 g/mol. The molecule has 0 saturated carbocycles. The van der Waals surface area contributed by atoms with Gasteiger partial charge in [-0.1, -0.05) is 6.07 Å². The Morgan fingerprint density at radius 2 is 2.05 bits per heavy atom. The zero-order valence-electron chi connectivity index (χ0n) is 13.1. The number of benzene rings is 1. The van der Waals surface area contributed by atoms with E-state index in [4.69, 9.17) is 9.47 Å². The van der Waals surface area contributed by atoms with Gasteiger partial charge in [0, 0.05) is 31.5 Å². The fraction of sp³-hybridized carbons (Fsp3) is 0.294. The Balaban J connectivity index is 2.07. The number of rotatable bonds is 6. The quantitative estimate of drug-likeness (QED) is 0.821. The molecule has 0 aliphatic rings. The van der Waals surface area contributed by atoms with Gasteiger partial charge >= 0.3 is 0 Å². The number of methoxy groups -OCH3 is 2. The average Bonchev–Trinajstić information content (AvgIpc) is 2.55. The highest BCUT2D eigenvalue weighted by atomic mass is 16.5. The van der Waals surface area contributed by atoms with Gasteiger partial charge in [-0.2, -0.15) is 0 Å². The van der Waals surface area contributed by atoms with Gasteiger partial charge in [-0.3, -0.25) is 9.78 Å². The summed E-state index contributed by atoms with van der Waals surface area (Å²) in [5.74, 6) is 1.40. The van der Waals surface area contributed by atoms with E-state index in [1.54, 1.807) is 38.6 Å². The second kappa shape index (κ2) is 7.45. The topological polar surface area (TPSA) is 51.7 Å². The van der Waals surface area contributed by atoms with Crippen LogP contribution in [0.3, 0.4) is 0 Å². The molecule has 5 heteroatoms. The minimum absolute atomic E-state index is 0.00964. The maximum Gasteiger partial charge on any atom is 0.227 e. The first-order chi connectivity index (χ1) is 10.6. The zero-order chi connectivity index (χ0) is 15.9. The molecule has 22 heavy (non-hydrogen) atoms. The molecule has 0 radical (unpaired) electrons. The van der Waals surface area contributed by atoms with Crippen molar-refractivity contribution in [1.29, 1.82) is 0 Å². The van der Waals surface area contributed by atoms with E-state index in [2.05, 4.69) is 4.98 Å². The van der Waals surface area contributed by atoms with Gasteiger partial charge in [0.25, 0.3) is 0 Å². The van der Waals surface area contributed by atoms with Gasteiger partial charge in [0.05, 0.1) is 20.6 Å². The van der Waals surface area contributed by atoms with Gasteiger partial charge in [0.2, 0.25) is 5.91 Å². The van der Waals surface area contributed by atoms with Crippen LogP contribution in [0.4, 0.5) is 0 Å². The molecule has 1 aromatic heterocycles. The first kappa shape index (κ1) is 15.8. The molecule has 0 N–H and O–H groups in total. The molecule has 0 aliphatic heterocycles. The Labute approximate surface area is 130 Å². The summed E-state index contributed by atoms with van der Waals surface area (Å²) >= 11 is 0. The molecule has 0 atom stereocenters. The van der Waals surface area contributed by atoms with Crippen LogP contribution in [-0.4, -0.2) is 37.1 Å². The van der Waals surface area contributed by atoms with Crippen molar-refractivity contribution in [2.24, 2.45) is 0 Å². The van der Waals surface area contributed by atoms with Gasteiger partial charge in [0.15, 0.2) is 0 Å². The summed E-state index contributed by atoms with van der Waals surface area (Å²) in [6, 6.07) is 9.25. The number of aromatic nitrogens is 1. The van der Waals surface area contributed by atoms with Crippen molar-refractivity contribution in [3.05, 3.63) is 53.9 Å². The molecule has 0 fully saturated rings. The van der Waals surface area contributed by atoms with E-state index in [0.717, 1.165) is 11.1 Å². The van der Waals surface area contributed by atoms with E-state index in [1.165, 1.54) is 0 Å². The summed E-state index contributed by atoms with van der Waals surface area (Å²) in [5, 5.41) is 0. The monoisotopic (exact) mass is 300 g/mol. The smallest absolute Gasteiger partial charge is 0.227 e. The molecule has 2 aromatic rings. The fourth-order valence-corrected chi connectivity index (χ4v) is 2.17. The van der Waals surface area contributed by atoms with Crippen LogP contribution in [0.25, 0.3) is 0 Å². The predicted octanol–water partition coefficient (Wildman–Crippen LogP) is 2.30. The van der Waals surface area contributed by atoms with E-state index in [1.807, 2.05) is 30.3 Å². The van der Waals surface area contributed by atoms with Crippen LogP contribution in [0.2, 0.25) is 0 Å². The number of carbonyl (C=O) groups excluding carboxylic acids is 1. The zero-order valence-corrected chi connectivity index (χ0v) is 13.1. The summed E-state index contributed by atoms with van der Waals surface area (Å²) in [6.07, 6.45) is 3.74. The van der Waals surface area contributed by atoms with E-state index >= 15 is 0 Å². The fourth-order valence-electron chi connectivity index (χ4n) is 2.17. The van der Waals surface area contributed by atoms with Gasteiger partial charge < -0.3 is 14.4 Å². The minimum atomic E-state index is 0.00964. The Kier molecular flexibility index (Phi) is 5.36. The number of hydrogen-bond acceptors (Lipinski definition) is 4. The summed E-state index contributed by atoms with van der Waals surface area (Å²) in [7, 11) is 4.97. The van der Waals surface area contributed by atoms with Gasteiger partial charge in [-0.05, 0) is 29.8 Å². The van der Waals surface area contributed by atoms with Gasteiger partial charge in [-0.25, -0.2) is 0 Å². The van der Waals surface area contributed by atoms with Crippen molar-refractivity contribution in [3.8, 4) is 11.5 Å². The summed E-state index contributed by atoms with van der Waals surface area (Å²) in [6.45, 7) is 0.527. The molecule has 1 aromatic carbocycles. The molecule has 2 rings (SSSR count). The largest absolute Gasteiger partial charge is 0.497 e. The highest BCUT2D eigenvalue weighted by Crippen LogP contribution is 2.24. The van der Waals surface area contributed by atoms with Crippen LogP contribution in [0, 0.1) is 0 Å². The standard InChI is InChI=1S/C17H20N2O3/c1-19(12-13-5-4-8-18-11-13)17(20)10-14-9-15(21-2)6-7-16(14)22-3/h4-9,11H,10,12H2,1-3H3. The van der Waals surface area contributed by atoms with Gasteiger partial charge in [0.1, 0.15) is 11.5 Å². The molecule has 116 valence electrons. The number of nitrogens with zero attached hydrogens (tertiary/aromatic N) is 2. The lowest BCUT2D eigenvalue weighted by molar-refractivity contribution is -0.129. The highest BCUT2D eigenvalue weighted by molar-refractivity contribution is 5.79. The lowest BCUT2D eigenvalue weighted by Gasteiger charge is -2.18. The van der Waals surface area contributed by atoms with Crippen molar-refractivity contribution in [3.63, 3.8) is 0 Å². The lowest BCUT2D eigenvalue weighted by Crippen LogP contribution is -2.27. The maximum atomic E-state index is 12.4. The van der Waals surface area contributed by atoms with Crippen molar-refractivity contribution < 1.29 is 14.3 Å². The predicted molar refractivity (Wildman–Crippen MR) is 84.0 cm³/mol. The lowest BCUT2D eigenvalue weighted by atomic mass is 10.1. The number of pyridine rings is 1. The summed E-state index contributed by atoms with van der Waals surface area (Å²) in [5.41, 5.74) is 1.81. The second-order valence-corrected chi connectivity index (χ2v) is 4.97. The number of hydrogen-bond donors (Lipinski definition) is 0. The number of amides is 1. The first-order valence-electron chi connectivity index (χ1n) is 6.98. The van der Waals surface area contributed by atoms with E-state index in [-0.39, 0.29) is 12.3 Å². The van der Waals surface area contributed by atoms with Crippen molar-refractivity contribution >= 4 is 5.91 Å². The normalized spacial score (nSPS) is 10.1. The third-order valence-electron chi connectivity index (χ3n) is 3.40.